The summed E-state index contributed by atoms with van der Waals surface area (Å²) >= 11 is 0. The summed E-state index contributed by atoms with van der Waals surface area (Å²) in [5, 5.41) is 6.79. The van der Waals surface area contributed by atoms with Crippen molar-refractivity contribution in [2.24, 2.45) is 0 Å². The van der Waals surface area contributed by atoms with E-state index in [0.29, 0.717) is 40.6 Å². The summed E-state index contributed by atoms with van der Waals surface area (Å²) in [4.78, 5) is 24.9. The van der Waals surface area contributed by atoms with Crippen LogP contribution in [0, 0.1) is 13.8 Å². The molecule has 0 atom stereocenters. The monoisotopic (exact) mass is 492 g/mol. The van der Waals surface area contributed by atoms with Crippen molar-refractivity contribution in [3.8, 4) is 17.2 Å². The number of aromatic amines is 1. The molecular formula is C29H36N2O5. The lowest BCUT2D eigenvalue weighted by Crippen LogP contribution is -2.11. The summed E-state index contributed by atoms with van der Waals surface area (Å²) in [5.74, 6) is 0.496. The standard InChI is InChI=1S/C29H36N2O5/c1-4-5-6-7-8-9-10-11-20-34-25-16-12-23(13-17-25)28(32)35-26-18-14-24(15-19-26)29(33)36-27-21(2)30-31-22(27)3/h12-19H,4-11,20H2,1-3H3,(H,30,31). The van der Waals surface area contributed by atoms with Crippen LogP contribution in [0.25, 0.3) is 0 Å². The van der Waals surface area contributed by atoms with Crippen LogP contribution in [0.1, 0.15) is 90.4 Å². The van der Waals surface area contributed by atoms with Crippen molar-refractivity contribution in [1.29, 1.82) is 0 Å². The summed E-state index contributed by atoms with van der Waals surface area (Å²) in [6.45, 7) is 6.44. The van der Waals surface area contributed by atoms with Crippen LogP contribution in [0.3, 0.4) is 0 Å². The number of benzene rings is 2. The van der Waals surface area contributed by atoms with Gasteiger partial charge in [-0.3, -0.25) is 5.10 Å². The first-order valence-electron chi connectivity index (χ1n) is 12.8. The second-order valence-electron chi connectivity index (χ2n) is 8.91. The number of hydrogen-bond acceptors (Lipinski definition) is 6. The van der Waals surface area contributed by atoms with Gasteiger partial charge < -0.3 is 14.2 Å². The highest BCUT2D eigenvalue weighted by Gasteiger charge is 2.15. The van der Waals surface area contributed by atoms with Gasteiger partial charge in [-0.1, -0.05) is 51.9 Å². The number of aromatic nitrogens is 2. The molecule has 0 aliphatic heterocycles. The van der Waals surface area contributed by atoms with E-state index in [4.69, 9.17) is 14.2 Å². The molecule has 0 saturated carbocycles. The number of rotatable bonds is 14. The van der Waals surface area contributed by atoms with Crippen LogP contribution in [0.2, 0.25) is 0 Å². The molecule has 0 aliphatic carbocycles. The Labute approximate surface area is 213 Å². The van der Waals surface area contributed by atoms with Crippen LogP contribution in [0.5, 0.6) is 17.2 Å². The number of unbranched alkanes of at least 4 members (excludes halogenated alkanes) is 7. The first-order valence-corrected chi connectivity index (χ1v) is 12.8. The third kappa shape index (κ3) is 8.26. The Bertz CT molecular complexity index is 1080. The Hall–Kier alpha value is -3.61. The zero-order valence-electron chi connectivity index (χ0n) is 21.5. The predicted octanol–water partition coefficient (Wildman–Crippen LogP) is 6.98. The van der Waals surface area contributed by atoms with Gasteiger partial charge in [-0.2, -0.15) is 5.10 Å². The molecular weight excluding hydrogens is 456 g/mol. The van der Waals surface area contributed by atoms with Crippen molar-refractivity contribution in [3.63, 3.8) is 0 Å². The number of aryl methyl sites for hydroxylation is 2. The van der Waals surface area contributed by atoms with Crippen molar-refractivity contribution in [2.75, 3.05) is 6.61 Å². The molecule has 1 heterocycles. The van der Waals surface area contributed by atoms with E-state index in [1.807, 2.05) is 0 Å². The van der Waals surface area contributed by atoms with Crippen LogP contribution < -0.4 is 14.2 Å². The third-order valence-electron chi connectivity index (χ3n) is 5.91. The average Bonchev–Trinajstić information content (AvgIpc) is 3.20. The lowest BCUT2D eigenvalue weighted by Gasteiger charge is -2.08. The maximum absolute atomic E-state index is 12.5. The fourth-order valence-corrected chi connectivity index (χ4v) is 3.78. The van der Waals surface area contributed by atoms with E-state index in [9.17, 15) is 9.59 Å². The van der Waals surface area contributed by atoms with E-state index in [-0.39, 0.29) is 0 Å². The number of carbonyl (C=O) groups excluding carboxylic acids is 2. The number of H-pyrrole nitrogens is 1. The molecule has 3 aromatic rings. The lowest BCUT2D eigenvalue weighted by molar-refractivity contribution is 0.0729. The molecule has 0 saturated heterocycles. The molecule has 1 aromatic heterocycles. The average molecular weight is 493 g/mol. The van der Waals surface area contributed by atoms with Crippen LogP contribution >= 0.6 is 0 Å². The summed E-state index contributed by atoms with van der Waals surface area (Å²) in [6, 6.07) is 13.2. The third-order valence-corrected chi connectivity index (χ3v) is 5.91. The van der Waals surface area contributed by atoms with Crippen molar-refractivity contribution in [2.45, 2.75) is 72.1 Å². The Morgan fingerprint density at radius 2 is 1.25 bits per heavy atom. The maximum Gasteiger partial charge on any atom is 0.343 e. The van der Waals surface area contributed by atoms with Crippen LogP contribution in [0.15, 0.2) is 48.5 Å². The highest BCUT2D eigenvalue weighted by atomic mass is 16.5. The largest absolute Gasteiger partial charge is 0.494 e. The molecule has 0 aliphatic rings. The molecule has 0 radical (unpaired) electrons. The molecule has 36 heavy (non-hydrogen) atoms. The van der Waals surface area contributed by atoms with E-state index >= 15 is 0 Å². The fourth-order valence-electron chi connectivity index (χ4n) is 3.78. The molecule has 0 unspecified atom stereocenters. The van der Waals surface area contributed by atoms with E-state index in [1.54, 1.807) is 62.4 Å². The van der Waals surface area contributed by atoms with E-state index in [2.05, 4.69) is 17.1 Å². The van der Waals surface area contributed by atoms with Gasteiger partial charge in [-0.05, 0) is 68.8 Å². The van der Waals surface area contributed by atoms with Crippen molar-refractivity contribution >= 4 is 11.9 Å². The molecule has 1 N–H and O–H groups in total. The number of esters is 2. The Balaban J connectivity index is 1.40. The van der Waals surface area contributed by atoms with Crippen molar-refractivity contribution < 1.29 is 23.8 Å². The Kier molecular flexibility index (Phi) is 10.5. The number of nitrogens with zero attached hydrogens (tertiary/aromatic N) is 1. The molecule has 0 bridgehead atoms. The van der Waals surface area contributed by atoms with Crippen molar-refractivity contribution in [3.05, 3.63) is 71.0 Å². The second-order valence-corrected chi connectivity index (χ2v) is 8.91. The molecule has 0 fully saturated rings. The van der Waals surface area contributed by atoms with Gasteiger partial charge in [-0.25, -0.2) is 9.59 Å². The summed E-state index contributed by atoms with van der Waals surface area (Å²) in [6.07, 6.45) is 10.0. The molecule has 0 amide bonds. The predicted molar refractivity (Wildman–Crippen MR) is 139 cm³/mol. The molecule has 192 valence electrons. The Morgan fingerprint density at radius 1 is 0.722 bits per heavy atom. The summed E-state index contributed by atoms with van der Waals surface area (Å²) in [5.41, 5.74) is 2.04. The van der Waals surface area contributed by atoms with Crippen LogP contribution in [0.4, 0.5) is 0 Å². The van der Waals surface area contributed by atoms with E-state index < -0.39 is 11.9 Å². The SMILES string of the molecule is CCCCCCCCCCOc1ccc(C(=O)Oc2ccc(C(=O)Oc3c(C)n[nH]c3C)cc2)cc1. The topological polar surface area (TPSA) is 90.5 Å². The quantitative estimate of drug-likeness (QED) is 0.148. The van der Waals surface area contributed by atoms with Gasteiger partial charge in [0, 0.05) is 0 Å². The zero-order valence-corrected chi connectivity index (χ0v) is 21.5. The number of carbonyl (C=O) groups is 2. The highest BCUT2D eigenvalue weighted by molar-refractivity contribution is 5.92. The van der Waals surface area contributed by atoms with Crippen LogP contribution in [-0.2, 0) is 0 Å². The van der Waals surface area contributed by atoms with Gasteiger partial charge >= 0.3 is 11.9 Å². The first kappa shape index (κ1) is 27.0. The molecule has 2 aromatic carbocycles. The molecule has 0 spiro atoms. The van der Waals surface area contributed by atoms with E-state index in [0.717, 1.165) is 12.2 Å². The number of hydrogen-bond donors (Lipinski definition) is 1. The minimum Gasteiger partial charge on any atom is -0.494 e. The number of ether oxygens (including phenoxy) is 3. The molecule has 3 rings (SSSR count). The Morgan fingerprint density at radius 3 is 1.81 bits per heavy atom. The highest BCUT2D eigenvalue weighted by Crippen LogP contribution is 2.22. The normalized spacial score (nSPS) is 10.8. The zero-order chi connectivity index (χ0) is 25.8. The second kappa shape index (κ2) is 14.1. The summed E-state index contributed by atoms with van der Waals surface area (Å²) in [7, 11) is 0. The molecule has 7 nitrogen and oxygen atoms in total. The van der Waals surface area contributed by atoms with E-state index in [1.165, 1.54) is 44.9 Å². The first-order chi connectivity index (χ1) is 17.5. The van der Waals surface area contributed by atoms with Gasteiger partial charge in [0.1, 0.15) is 17.2 Å². The van der Waals surface area contributed by atoms with Gasteiger partial charge in [0.2, 0.25) is 0 Å². The lowest BCUT2D eigenvalue weighted by atomic mass is 10.1. The van der Waals surface area contributed by atoms with Gasteiger partial charge in [0.15, 0.2) is 5.75 Å². The van der Waals surface area contributed by atoms with Gasteiger partial charge in [0.25, 0.3) is 0 Å². The fraction of sp³-hybridized carbons (Fsp3) is 0.414. The minimum atomic E-state index is -0.511. The van der Waals surface area contributed by atoms with Gasteiger partial charge in [-0.15, -0.1) is 0 Å². The summed E-state index contributed by atoms with van der Waals surface area (Å²) < 4.78 is 16.6. The minimum absolute atomic E-state index is 0.335. The van der Waals surface area contributed by atoms with Crippen LogP contribution in [-0.4, -0.2) is 28.7 Å². The maximum atomic E-state index is 12.5. The molecule has 7 heteroatoms. The van der Waals surface area contributed by atoms with Gasteiger partial charge in [0.05, 0.1) is 23.4 Å². The number of nitrogens with one attached hydrogen (secondary N) is 1. The van der Waals surface area contributed by atoms with Crippen molar-refractivity contribution in [1.82, 2.24) is 10.2 Å². The smallest absolute Gasteiger partial charge is 0.343 e.